The van der Waals surface area contributed by atoms with Gasteiger partial charge in [-0.2, -0.15) is 15.0 Å². The second kappa shape index (κ2) is 7.26. The molecule has 0 bridgehead atoms. The molecule has 0 aliphatic carbocycles. The third-order valence-corrected chi connectivity index (χ3v) is 4.37. The topological polar surface area (TPSA) is 126 Å². The third kappa shape index (κ3) is 3.53. The molecule has 1 saturated heterocycles. The highest BCUT2D eigenvalue weighted by molar-refractivity contribution is 6.28. The van der Waals surface area contributed by atoms with E-state index in [0.717, 1.165) is 0 Å². The van der Waals surface area contributed by atoms with E-state index in [1.54, 1.807) is 4.90 Å². The number of nitro benzene ring substituents is 1. The van der Waals surface area contributed by atoms with Crippen LogP contribution in [0.1, 0.15) is 12.8 Å². The SMILES string of the molecule is O=[N+]([O-])c1ccc(-c2nc(Cl)nc(N3[C@H](CO)CC[C@@H]3CO)n2)cc1. The van der Waals surface area contributed by atoms with Crippen molar-refractivity contribution in [2.45, 2.75) is 24.9 Å². The van der Waals surface area contributed by atoms with Crippen molar-refractivity contribution in [3.8, 4) is 11.4 Å². The molecule has 1 aliphatic rings. The molecule has 0 unspecified atom stereocenters. The van der Waals surface area contributed by atoms with Crippen molar-refractivity contribution in [1.82, 2.24) is 15.0 Å². The van der Waals surface area contributed by atoms with E-state index in [9.17, 15) is 20.3 Å². The number of nitro groups is 1. The monoisotopic (exact) mass is 365 g/mol. The number of non-ortho nitro benzene ring substituents is 1. The molecule has 1 aromatic heterocycles. The van der Waals surface area contributed by atoms with Gasteiger partial charge < -0.3 is 15.1 Å². The Kier molecular flexibility index (Phi) is 5.07. The molecule has 2 aromatic rings. The van der Waals surface area contributed by atoms with E-state index in [4.69, 9.17) is 11.6 Å². The number of aliphatic hydroxyl groups excluding tert-OH is 2. The highest BCUT2D eigenvalue weighted by Gasteiger charge is 2.35. The summed E-state index contributed by atoms with van der Waals surface area (Å²) in [6.07, 6.45) is 1.41. The molecular formula is C15H16ClN5O4. The number of benzene rings is 1. The van der Waals surface area contributed by atoms with Crippen molar-refractivity contribution >= 4 is 23.2 Å². The number of hydrogen-bond acceptors (Lipinski definition) is 8. The van der Waals surface area contributed by atoms with Crippen LogP contribution in [0.15, 0.2) is 24.3 Å². The zero-order valence-electron chi connectivity index (χ0n) is 13.1. The van der Waals surface area contributed by atoms with Crippen molar-refractivity contribution in [1.29, 1.82) is 0 Å². The van der Waals surface area contributed by atoms with Crippen LogP contribution >= 0.6 is 11.6 Å². The van der Waals surface area contributed by atoms with Gasteiger partial charge in [0, 0.05) is 17.7 Å². The molecule has 1 aliphatic heterocycles. The van der Waals surface area contributed by atoms with Crippen molar-refractivity contribution in [2.75, 3.05) is 18.1 Å². The van der Waals surface area contributed by atoms with E-state index < -0.39 is 4.92 Å². The molecule has 132 valence electrons. The van der Waals surface area contributed by atoms with E-state index in [2.05, 4.69) is 15.0 Å². The zero-order valence-corrected chi connectivity index (χ0v) is 13.9. The third-order valence-electron chi connectivity index (χ3n) is 4.20. The highest BCUT2D eigenvalue weighted by Crippen LogP contribution is 2.30. The Labute approximate surface area is 148 Å². The normalized spacial score (nSPS) is 20.0. The number of nitrogens with zero attached hydrogens (tertiary/aromatic N) is 5. The lowest BCUT2D eigenvalue weighted by Crippen LogP contribution is -2.41. The minimum absolute atomic E-state index is 0.0290. The number of anilines is 1. The molecule has 9 nitrogen and oxygen atoms in total. The van der Waals surface area contributed by atoms with Crippen molar-refractivity contribution in [3.63, 3.8) is 0 Å². The summed E-state index contributed by atoms with van der Waals surface area (Å²) in [6, 6.07) is 5.36. The maximum absolute atomic E-state index is 10.8. The average Bonchev–Trinajstić information content (AvgIpc) is 3.04. The number of aromatic nitrogens is 3. The summed E-state index contributed by atoms with van der Waals surface area (Å²) in [5.74, 6) is 0.536. The molecule has 1 fully saturated rings. The van der Waals surface area contributed by atoms with E-state index in [1.165, 1.54) is 24.3 Å². The highest BCUT2D eigenvalue weighted by atomic mass is 35.5. The van der Waals surface area contributed by atoms with Crippen LogP contribution in [0.3, 0.4) is 0 Å². The van der Waals surface area contributed by atoms with Gasteiger partial charge in [-0.15, -0.1) is 0 Å². The van der Waals surface area contributed by atoms with Gasteiger partial charge in [0.2, 0.25) is 11.2 Å². The summed E-state index contributed by atoms with van der Waals surface area (Å²) < 4.78 is 0. The van der Waals surface area contributed by atoms with Crippen LogP contribution < -0.4 is 4.90 Å². The Morgan fingerprint density at radius 3 is 2.24 bits per heavy atom. The van der Waals surface area contributed by atoms with Gasteiger partial charge in [0.05, 0.1) is 30.2 Å². The van der Waals surface area contributed by atoms with Crippen LogP contribution in [-0.4, -0.2) is 55.4 Å². The minimum Gasteiger partial charge on any atom is -0.394 e. The predicted octanol–water partition coefficient (Wildman–Crippen LogP) is 1.42. The van der Waals surface area contributed by atoms with E-state index in [-0.39, 0.29) is 48.0 Å². The number of rotatable bonds is 5. The molecule has 0 radical (unpaired) electrons. The molecule has 2 atom stereocenters. The molecule has 25 heavy (non-hydrogen) atoms. The molecule has 2 heterocycles. The summed E-state index contributed by atoms with van der Waals surface area (Å²) in [5.41, 5.74) is 0.515. The Morgan fingerprint density at radius 2 is 1.72 bits per heavy atom. The second-order valence-electron chi connectivity index (χ2n) is 5.69. The number of hydrogen-bond donors (Lipinski definition) is 2. The quantitative estimate of drug-likeness (QED) is 0.602. The van der Waals surface area contributed by atoms with Gasteiger partial charge in [-0.25, -0.2) is 0 Å². The maximum Gasteiger partial charge on any atom is 0.269 e. The van der Waals surface area contributed by atoms with Gasteiger partial charge in [-0.1, -0.05) is 0 Å². The second-order valence-corrected chi connectivity index (χ2v) is 6.03. The Hall–Kier alpha value is -2.36. The molecule has 0 amide bonds. The summed E-state index contributed by atoms with van der Waals surface area (Å²) in [4.78, 5) is 24.6. The average molecular weight is 366 g/mol. The van der Waals surface area contributed by atoms with Gasteiger partial charge in [0.15, 0.2) is 5.82 Å². The van der Waals surface area contributed by atoms with Gasteiger partial charge in [0.1, 0.15) is 0 Å². The lowest BCUT2D eigenvalue weighted by atomic mass is 10.2. The molecular weight excluding hydrogens is 350 g/mol. The first-order chi connectivity index (χ1) is 12.0. The van der Waals surface area contributed by atoms with Gasteiger partial charge in [-0.05, 0) is 36.6 Å². The first-order valence-electron chi connectivity index (χ1n) is 7.70. The first-order valence-corrected chi connectivity index (χ1v) is 8.07. The van der Waals surface area contributed by atoms with Crippen LogP contribution in [0, 0.1) is 10.1 Å². The predicted molar refractivity (Wildman–Crippen MR) is 90.4 cm³/mol. The summed E-state index contributed by atoms with van der Waals surface area (Å²) in [5, 5.41) is 29.8. The fraction of sp³-hybridized carbons (Fsp3) is 0.400. The van der Waals surface area contributed by atoms with Crippen LogP contribution in [-0.2, 0) is 0 Å². The lowest BCUT2D eigenvalue weighted by Gasteiger charge is -2.28. The Bertz CT molecular complexity index is 761. The molecule has 3 rings (SSSR count). The van der Waals surface area contributed by atoms with Crippen LogP contribution in [0.4, 0.5) is 11.6 Å². The van der Waals surface area contributed by atoms with Gasteiger partial charge in [-0.3, -0.25) is 10.1 Å². The van der Waals surface area contributed by atoms with Gasteiger partial charge in [0.25, 0.3) is 5.69 Å². The van der Waals surface area contributed by atoms with E-state index in [1.807, 2.05) is 0 Å². The largest absolute Gasteiger partial charge is 0.394 e. The Morgan fingerprint density at radius 1 is 1.12 bits per heavy atom. The number of halogens is 1. The fourth-order valence-corrected chi connectivity index (χ4v) is 3.12. The molecule has 1 aromatic carbocycles. The van der Waals surface area contributed by atoms with Crippen LogP contribution in [0.2, 0.25) is 5.28 Å². The summed E-state index contributed by atoms with van der Waals surface area (Å²) in [6.45, 7) is -0.181. The van der Waals surface area contributed by atoms with Crippen LogP contribution in [0.25, 0.3) is 11.4 Å². The summed E-state index contributed by atoms with van der Waals surface area (Å²) in [7, 11) is 0. The minimum atomic E-state index is -0.489. The van der Waals surface area contributed by atoms with Gasteiger partial charge >= 0.3 is 0 Å². The van der Waals surface area contributed by atoms with Crippen molar-refractivity contribution in [2.24, 2.45) is 0 Å². The maximum atomic E-state index is 10.8. The first kappa shape index (κ1) is 17.5. The fourth-order valence-electron chi connectivity index (χ4n) is 2.96. The van der Waals surface area contributed by atoms with E-state index >= 15 is 0 Å². The molecule has 0 spiro atoms. The van der Waals surface area contributed by atoms with E-state index in [0.29, 0.717) is 18.4 Å². The molecule has 10 heteroatoms. The smallest absolute Gasteiger partial charge is 0.269 e. The summed E-state index contributed by atoms with van der Waals surface area (Å²) >= 11 is 6.02. The zero-order chi connectivity index (χ0) is 18.0. The number of aliphatic hydroxyl groups is 2. The lowest BCUT2D eigenvalue weighted by molar-refractivity contribution is -0.384. The molecule has 2 N–H and O–H groups in total. The van der Waals surface area contributed by atoms with Crippen molar-refractivity contribution < 1.29 is 15.1 Å². The standard InChI is InChI=1S/C15H16ClN5O4/c16-14-17-13(9-1-3-10(4-2-9)21(24)25)18-15(19-14)20-11(7-22)5-6-12(20)8-23/h1-4,11-12,22-23H,5-8H2/t11-,12+. The Balaban J connectivity index is 1.99. The van der Waals surface area contributed by atoms with Crippen LogP contribution in [0.5, 0.6) is 0 Å². The molecule has 0 saturated carbocycles. The van der Waals surface area contributed by atoms with Crippen molar-refractivity contribution in [3.05, 3.63) is 39.7 Å².